The lowest BCUT2D eigenvalue weighted by molar-refractivity contribution is 0.0527. The van der Waals surface area contributed by atoms with Crippen molar-refractivity contribution in [3.8, 4) is 11.8 Å². The third-order valence-corrected chi connectivity index (χ3v) is 4.61. The van der Waals surface area contributed by atoms with E-state index in [1.807, 2.05) is 36.4 Å². The average Bonchev–Trinajstić information content (AvgIpc) is 2.99. The maximum absolute atomic E-state index is 12.2. The van der Waals surface area contributed by atoms with Gasteiger partial charge in [0.15, 0.2) is 10.6 Å². The molecule has 1 heterocycles. The van der Waals surface area contributed by atoms with E-state index in [0.29, 0.717) is 29.4 Å². The Kier molecular flexibility index (Phi) is 4.78. The summed E-state index contributed by atoms with van der Waals surface area (Å²) < 4.78 is 12.1. The standard InChI is InChI=1S/C19H15NO3S/c1-2-22-19(21)18-17(15-5-3-4-6-16(15)24-18)23-12-14-9-7-13(11-20)8-10-14/h3-10H,2,12H2,1H3. The van der Waals surface area contributed by atoms with E-state index >= 15 is 0 Å². The molecule has 1 aromatic heterocycles. The van der Waals surface area contributed by atoms with Gasteiger partial charge in [0, 0.05) is 10.1 Å². The lowest BCUT2D eigenvalue weighted by Gasteiger charge is -2.08. The number of thiophene rings is 1. The largest absolute Gasteiger partial charge is 0.486 e. The minimum atomic E-state index is -0.367. The first-order valence-corrected chi connectivity index (χ1v) is 8.35. The average molecular weight is 337 g/mol. The van der Waals surface area contributed by atoms with Crippen LogP contribution in [-0.4, -0.2) is 12.6 Å². The Morgan fingerprint density at radius 1 is 1.17 bits per heavy atom. The van der Waals surface area contributed by atoms with E-state index in [1.165, 1.54) is 11.3 Å². The van der Waals surface area contributed by atoms with Gasteiger partial charge in [-0.1, -0.05) is 24.3 Å². The van der Waals surface area contributed by atoms with Crippen LogP contribution in [0.4, 0.5) is 0 Å². The number of hydrogen-bond donors (Lipinski definition) is 0. The van der Waals surface area contributed by atoms with Crippen molar-refractivity contribution in [2.75, 3.05) is 6.61 Å². The van der Waals surface area contributed by atoms with Gasteiger partial charge in [-0.2, -0.15) is 5.26 Å². The predicted octanol–water partition coefficient (Wildman–Crippen LogP) is 4.53. The molecule has 3 aromatic rings. The second-order valence-corrected chi connectivity index (χ2v) is 6.13. The molecule has 0 aliphatic carbocycles. The van der Waals surface area contributed by atoms with Crippen molar-refractivity contribution in [3.63, 3.8) is 0 Å². The van der Waals surface area contributed by atoms with Crippen molar-refractivity contribution in [2.24, 2.45) is 0 Å². The monoisotopic (exact) mass is 337 g/mol. The number of fused-ring (bicyclic) bond motifs is 1. The summed E-state index contributed by atoms with van der Waals surface area (Å²) in [5.74, 6) is 0.187. The fourth-order valence-electron chi connectivity index (χ4n) is 2.33. The molecule has 0 saturated heterocycles. The number of nitriles is 1. The fraction of sp³-hybridized carbons (Fsp3) is 0.158. The van der Waals surface area contributed by atoms with Crippen molar-refractivity contribution < 1.29 is 14.3 Å². The Morgan fingerprint density at radius 2 is 1.92 bits per heavy atom. The van der Waals surface area contributed by atoms with Crippen molar-refractivity contribution in [1.29, 1.82) is 5.26 Å². The molecule has 2 aromatic carbocycles. The molecule has 0 atom stereocenters. The molecule has 5 heteroatoms. The van der Waals surface area contributed by atoms with Crippen LogP contribution in [0.5, 0.6) is 5.75 Å². The van der Waals surface area contributed by atoms with E-state index in [0.717, 1.165) is 15.6 Å². The summed E-state index contributed by atoms with van der Waals surface area (Å²) in [7, 11) is 0. The third kappa shape index (κ3) is 3.24. The molecule has 0 aliphatic rings. The topological polar surface area (TPSA) is 59.3 Å². The molecule has 0 spiro atoms. The first kappa shape index (κ1) is 16.0. The Labute approximate surface area is 143 Å². The molecule has 120 valence electrons. The van der Waals surface area contributed by atoms with E-state index in [-0.39, 0.29) is 5.97 Å². The minimum absolute atomic E-state index is 0.318. The summed E-state index contributed by atoms with van der Waals surface area (Å²) >= 11 is 1.37. The predicted molar refractivity (Wildman–Crippen MR) is 93.3 cm³/mol. The number of esters is 1. The SMILES string of the molecule is CCOC(=O)c1sc2ccccc2c1OCc1ccc(C#N)cc1. The van der Waals surface area contributed by atoms with Gasteiger partial charge in [-0.25, -0.2) is 4.79 Å². The van der Waals surface area contributed by atoms with Crippen LogP contribution < -0.4 is 4.74 Å². The summed E-state index contributed by atoms with van der Waals surface area (Å²) in [4.78, 5) is 12.7. The van der Waals surface area contributed by atoms with Crippen molar-refractivity contribution >= 4 is 27.4 Å². The number of benzene rings is 2. The van der Waals surface area contributed by atoms with Crippen LogP contribution in [0.2, 0.25) is 0 Å². The molecule has 0 aliphatic heterocycles. The normalized spacial score (nSPS) is 10.3. The molecule has 0 radical (unpaired) electrons. The Morgan fingerprint density at radius 3 is 2.62 bits per heavy atom. The maximum Gasteiger partial charge on any atom is 0.352 e. The summed E-state index contributed by atoms with van der Waals surface area (Å²) in [6, 6.07) is 17.0. The second kappa shape index (κ2) is 7.16. The van der Waals surface area contributed by atoms with E-state index in [2.05, 4.69) is 6.07 Å². The van der Waals surface area contributed by atoms with Gasteiger partial charge in [-0.15, -0.1) is 11.3 Å². The van der Waals surface area contributed by atoms with Gasteiger partial charge in [0.25, 0.3) is 0 Å². The van der Waals surface area contributed by atoms with Gasteiger partial charge in [0.05, 0.1) is 18.2 Å². The highest BCUT2D eigenvalue weighted by Crippen LogP contribution is 2.38. The van der Waals surface area contributed by atoms with Gasteiger partial charge < -0.3 is 9.47 Å². The molecule has 0 fully saturated rings. The van der Waals surface area contributed by atoms with E-state index < -0.39 is 0 Å². The summed E-state index contributed by atoms with van der Waals surface area (Å²) in [6.45, 7) is 2.42. The van der Waals surface area contributed by atoms with Crippen LogP contribution >= 0.6 is 11.3 Å². The van der Waals surface area contributed by atoms with Gasteiger partial charge >= 0.3 is 5.97 Å². The molecular formula is C19H15NO3S. The molecule has 0 N–H and O–H groups in total. The Bertz CT molecular complexity index is 907. The van der Waals surface area contributed by atoms with E-state index in [4.69, 9.17) is 14.7 Å². The zero-order valence-electron chi connectivity index (χ0n) is 13.1. The Balaban J connectivity index is 1.90. The number of rotatable bonds is 5. The van der Waals surface area contributed by atoms with Crippen molar-refractivity contribution in [3.05, 3.63) is 64.5 Å². The lowest BCUT2D eigenvalue weighted by Crippen LogP contribution is -2.05. The van der Waals surface area contributed by atoms with Gasteiger partial charge in [-0.05, 0) is 36.8 Å². The molecule has 0 unspecified atom stereocenters. The molecule has 0 bridgehead atoms. The number of nitrogens with zero attached hydrogens (tertiary/aromatic N) is 1. The molecule has 0 amide bonds. The highest BCUT2D eigenvalue weighted by molar-refractivity contribution is 7.21. The van der Waals surface area contributed by atoms with Crippen LogP contribution in [0.1, 0.15) is 27.7 Å². The quantitative estimate of drug-likeness (QED) is 0.642. The molecular weight excluding hydrogens is 322 g/mol. The zero-order chi connectivity index (χ0) is 16.9. The molecule has 4 nitrogen and oxygen atoms in total. The lowest BCUT2D eigenvalue weighted by atomic mass is 10.1. The van der Waals surface area contributed by atoms with Crippen molar-refractivity contribution in [2.45, 2.75) is 13.5 Å². The first-order valence-electron chi connectivity index (χ1n) is 7.53. The first-order chi connectivity index (χ1) is 11.7. The summed E-state index contributed by atoms with van der Waals surface area (Å²) in [6.07, 6.45) is 0. The second-order valence-electron chi connectivity index (χ2n) is 5.07. The minimum Gasteiger partial charge on any atom is -0.486 e. The highest BCUT2D eigenvalue weighted by atomic mass is 32.1. The molecule has 24 heavy (non-hydrogen) atoms. The van der Waals surface area contributed by atoms with Crippen LogP contribution in [0, 0.1) is 11.3 Å². The molecule has 3 rings (SSSR count). The Hall–Kier alpha value is -2.84. The van der Waals surface area contributed by atoms with Gasteiger partial charge in [0.1, 0.15) is 6.61 Å². The third-order valence-electron chi connectivity index (χ3n) is 3.48. The molecule has 0 saturated carbocycles. The number of ether oxygens (including phenoxy) is 2. The number of hydrogen-bond acceptors (Lipinski definition) is 5. The van der Waals surface area contributed by atoms with E-state index in [9.17, 15) is 4.79 Å². The van der Waals surface area contributed by atoms with Gasteiger partial charge in [0.2, 0.25) is 0 Å². The number of carbonyl (C=O) groups excluding carboxylic acids is 1. The maximum atomic E-state index is 12.2. The van der Waals surface area contributed by atoms with Crippen molar-refractivity contribution in [1.82, 2.24) is 0 Å². The van der Waals surface area contributed by atoms with E-state index in [1.54, 1.807) is 19.1 Å². The van der Waals surface area contributed by atoms with Gasteiger partial charge in [-0.3, -0.25) is 0 Å². The summed E-state index contributed by atoms with van der Waals surface area (Å²) in [5, 5.41) is 9.75. The summed E-state index contributed by atoms with van der Waals surface area (Å²) in [5.41, 5.74) is 1.53. The zero-order valence-corrected chi connectivity index (χ0v) is 13.9. The van der Waals surface area contributed by atoms with Crippen LogP contribution in [0.25, 0.3) is 10.1 Å². The van der Waals surface area contributed by atoms with Crippen LogP contribution in [0.15, 0.2) is 48.5 Å². The smallest absolute Gasteiger partial charge is 0.352 e. The van der Waals surface area contributed by atoms with Crippen LogP contribution in [0.3, 0.4) is 0 Å². The van der Waals surface area contributed by atoms with Crippen LogP contribution in [-0.2, 0) is 11.3 Å². The number of carbonyl (C=O) groups is 1. The fourth-order valence-corrected chi connectivity index (χ4v) is 3.37. The highest BCUT2D eigenvalue weighted by Gasteiger charge is 2.20.